The number of carbonyl (C=O) groups is 2. The van der Waals surface area contributed by atoms with Gasteiger partial charge in [0.2, 0.25) is 5.91 Å². The first-order valence-electron chi connectivity index (χ1n) is 9.18. The summed E-state index contributed by atoms with van der Waals surface area (Å²) in [6.45, 7) is 1.31. The van der Waals surface area contributed by atoms with Gasteiger partial charge < -0.3 is 9.47 Å². The highest BCUT2D eigenvalue weighted by Crippen LogP contribution is 2.16. The molecule has 2 amide bonds. The van der Waals surface area contributed by atoms with Crippen LogP contribution in [0, 0.1) is 0 Å². The molecule has 2 aromatic rings. The molecule has 6 heteroatoms. The molecular weight excluding hydrogens is 344 g/mol. The van der Waals surface area contributed by atoms with Gasteiger partial charge in [0.15, 0.2) is 0 Å². The summed E-state index contributed by atoms with van der Waals surface area (Å²) in [7, 11) is 0. The van der Waals surface area contributed by atoms with E-state index in [2.05, 4.69) is 10.9 Å². The van der Waals surface area contributed by atoms with Crippen LogP contribution >= 0.6 is 0 Å². The number of hydrogen-bond acceptors (Lipinski definition) is 4. The van der Waals surface area contributed by atoms with Crippen LogP contribution in [-0.2, 0) is 16.0 Å². The average Bonchev–Trinajstić information content (AvgIpc) is 3.24. The maximum atomic E-state index is 12.1. The summed E-state index contributed by atoms with van der Waals surface area (Å²) in [4.78, 5) is 24.0. The molecule has 1 aliphatic rings. The van der Waals surface area contributed by atoms with Crippen LogP contribution in [-0.4, -0.2) is 31.1 Å². The molecule has 6 nitrogen and oxygen atoms in total. The lowest BCUT2D eigenvalue weighted by atomic mass is 10.1. The summed E-state index contributed by atoms with van der Waals surface area (Å²) in [5.74, 6) is 0.0893. The van der Waals surface area contributed by atoms with Crippen LogP contribution in [0.25, 0.3) is 0 Å². The molecule has 1 fully saturated rings. The zero-order valence-corrected chi connectivity index (χ0v) is 15.1. The van der Waals surface area contributed by atoms with E-state index >= 15 is 0 Å². The van der Waals surface area contributed by atoms with Crippen molar-refractivity contribution in [2.24, 2.45) is 0 Å². The highest BCUT2D eigenvalue weighted by molar-refractivity contribution is 5.95. The second kappa shape index (κ2) is 9.73. The van der Waals surface area contributed by atoms with Crippen LogP contribution in [0.3, 0.4) is 0 Å². The maximum absolute atomic E-state index is 12.1. The van der Waals surface area contributed by atoms with Gasteiger partial charge in [-0.15, -0.1) is 0 Å². The predicted octanol–water partition coefficient (Wildman–Crippen LogP) is 2.64. The van der Waals surface area contributed by atoms with Gasteiger partial charge in [0.1, 0.15) is 12.4 Å². The number of ether oxygens (including phenoxy) is 2. The van der Waals surface area contributed by atoms with Crippen molar-refractivity contribution in [2.45, 2.75) is 31.8 Å². The van der Waals surface area contributed by atoms with Crippen molar-refractivity contribution in [2.75, 3.05) is 13.2 Å². The number of amides is 2. The van der Waals surface area contributed by atoms with Crippen molar-refractivity contribution in [3.05, 3.63) is 65.7 Å². The summed E-state index contributed by atoms with van der Waals surface area (Å²) in [5.41, 5.74) is 6.40. The van der Waals surface area contributed by atoms with E-state index in [1.807, 2.05) is 30.3 Å². The molecule has 2 aromatic carbocycles. The largest absolute Gasteiger partial charge is 0.491 e. The van der Waals surface area contributed by atoms with Gasteiger partial charge in [-0.25, -0.2) is 0 Å². The van der Waals surface area contributed by atoms with Gasteiger partial charge in [-0.3, -0.25) is 20.4 Å². The lowest BCUT2D eigenvalue weighted by molar-refractivity contribution is -0.121. The Kier molecular flexibility index (Phi) is 6.82. The van der Waals surface area contributed by atoms with Crippen LogP contribution in [0.4, 0.5) is 0 Å². The Morgan fingerprint density at radius 1 is 1.04 bits per heavy atom. The van der Waals surface area contributed by atoms with Gasteiger partial charge in [0, 0.05) is 18.6 Å². The fourth-order valence-corrected chi connectivity index (χ4v) is 2.83. The fourth-order valence-electron chi connectivity index (χ4n) is 2.83. The third kappa shape index (κ3) is 6.11. The molecule has 0 spiro atoms. The van der Waals surface area contributed by atoms with Gasteiger partial charge in [-0.05, 0) is 49.1 Å². The van der Waals surface area contributed by atoms with Crippen molar-refractivity contribution in [3.8, 4) is 5.75 Å². The van der Waals surface area contributed by atoms with Gasteiger partial charge in [-0.1, -0.05) is 30.3 Å². The summed E-state index contributed by atoms with van der Waals surface area (Å²) in [6.07, 6.45) is 3.17. The number of hydrogen-bond donors (Lipinski definition) is 2. The Morgan fingerprint density at radius 3 is 2.52 bits per heavy atom. The zero-order chi connectivity index (χ0) is 18.9. The first kappa shape index (κ1) is 18.9. The molecule has 0 radical (unpaired) electrons. The Hall–Kier alpha value is -2.86. The Labute approximate surface area is 158 Å². The van der Waals surface area contributed by atoms with E-state index in [9.17, 15) is 9.59 Å². The molecule has 1 heterocycles. The topological polar surface area (TPSA) is 76.7 Å². The van der Waals surface area contributed by atoms with Crippen molar-refractivity contribution in [1.82, 2.24) is 10.9 Å². The molecule has 27 heavy (non-hydrogen) atoms. The SMILES string of the molecule is O=C(CCc1ccccc1)NNC(=O)c1ccc(OCC2CCCO2)cc1. The van der Waals surface area contributed by atoms with Gasteiger partial charge in [-0.2, -0.15) is 0 Å². The van der Waals surface area contributed by atoms with Crippen molar-refractivity contribution < 1.29 is 19.1 Å². The van der Waals surface area contributed by atoms with E-state index in [0.29, 0.717) is 30.8 Å². The molecular formula is C21H24N2O4. The molecule has 1 atom stereocenters. The summed E-state index contributed by atoms with van der Waals surface area (Å²) < 4.78 is 11.2. The first-order chi connectivity index (χ1) is 13.2. The summed E-state index contributed by atoms with van der Waals surface area (Å²) >= 11 is 0. The fraction of sp³-hybridized carbons (Fsp3) is 0.333. The number of carbonyl (C=O) groups excluding carboxylic acids is 2. The average molecular weight is 368 g/mol. The van der Waals surface area contributed by atoms with E-state index in [4.69, 9.17) is 9.47 Å². The number of aryl methyl sites for hydroxylation is 1. The van der Waals surface area contributed by atoms with E-state index in [1.165, 1.54) is 0 Å². The third-order valence-corrected chi connectivity index (χ3v) is 4.38. The number of hydrazine groups is 1. The minimum absolute atomic E-state index is 0.152. The van der Waals surface area contributed by atoms with Crippen molar-refractivity contribution >= 4 is 11.8 Å². The highest BCUT2D eigenvalue weighted by atomic mass is 16.5. The summed E-state index contributed by atoms with van der Waals surface area (Å²) in [5, 5.41) is 0. The van der Waals surface area contributed by atoms with Crippen molar-refractivity contribution in [3.63, 3.8) is 0 Å². The maximum Gasteiger partial charge on any atom is 0.269 e. The lowest BCUT2D eigenvalue weighted by Crippen LogP contribution is -2.41. The zero-order valence-electron chi connectivity index (χ0n) is 15.1. The molecule has 0 saturated carbocycles. The van der Waals surface area contributed by atoms with Gasteiger partial charge in [0.25, 0.3) is 5.91 Å². The monoisotopic (exact) mass is 368 g/mol. The Bertz CT molecular complexity index is 741. The number of rotatable bonds is 7. The molecule has 3 rings (SSSR count). The minimum Gasteiger partial charge on any atom is -0.491 e. The van der Waals surface area contributed by atoms with Crippen LogP contribution in [0.1, 0.15) is 35.2 Å². The lowest BCUT2D eigenvalue weighted by Gasteiger charge is -2.12. The molecule has 1 aliphatic heterocycles. The number of benzene rings is 2. The normalized spacial score (nSPS) is 15.9. The predicted molar refractivity (Wildman–Crippen MR) is 101 cm³/mol. The van der Waals surface area contributed by atoms with Crippen LogP contribution < -0.4 is 15.6 Å². The molecule has 1 saturated heterocycles. The molecule has 2 N–H and O–H groups in total. The summed E-state index contributed by atoms with van der Waals surface area (Å²) in [6, 6.07) is 16.5. The molecule has 0 aromatic heterocycles. The standard InChI is InChI=1S/C21H24N2O4/c24-20(13-8-16-5-2-1-3-6-16)22-23-21(25)17-9-11-18(12-10-17)27-15-19-7-4-14-26-19/h1-3,5-6,9-12,19H,4,7-8,13-15H2,(H,22,24)(H,23,25). The quantitative estimate of drug-likeness (QED) is 0.737. The molecule has 0 bridgehead atoms. The van der Waals surface area contributed by atoms with Crippen LogP contribution in [0.2, 0.25) is 0 Å². The molecule has 142 valence electrons. The van der Waals surface area contributed by atoms with Crippen LogP contribution in [0.5, 0.6) is 5.75 Å². The second-order valence-corrected chi connectivity index (χ2v) is 6.46. The van der Waals surface area contributed by atoms with E-state index in [-0.39, 0.29) is 17.9 Å². The molecule has 1 unspecified atom stereocenters. The molecule has 0 aliphatic carbocycles. The van der Waals surface area contributed by atoms with E-state index in [0.717, 1.165) is 25.0 Å². The Balaban J connectivity index is 1.38. The van der Waals surface area contributed by atoms with E-state index < -0.39 is 0 Å². The smallest absolute Gasteiger partial charge is 0.269 e. The second-order valence-electron chi connectivity index (χ2n) is 6.46. The Morgan fingerprint density at radius 2 is 1.81 bits per heavy atom. The third-order valence-electron chi connectivity index (χ3n) is 4.38. The first-order valence-corrected chi connectivity index (χ1v) is 9.18. The van der Waals surface area contributed by atoms with Gasteiger partial charge >= 0.3 is 0 Å². The van der Waals surface area contributed by atoms with Crippen molar-refractivity contribution in [1.29, 1.82) is 0 Å². The van der Waals surface area contributed by atoms with E-state index in [1.54, 1.807) is 24.3 Å². The highest BCUT2D eigenvalue weighted by Gasteiger charge is 2.16. The minimum atomic E-state index is -0.367. The number of nitrogens with one attached hydrogen (secondary N) is 2. The van der Waals surface area contributed by atoms with Gasteiger partial charge in [0.05, 0.1) is 6.10 Å². The van der Waals surface area contributed by atoms with Crippen LogP contribution in [0.15, 0.2) is 54.6 Å².